The quantitative estimate of drug-likeness (QED) is 0.885. The smallest absolute Gasteiger partial charge is 0.407 e. The fourth-order valence-electron chi connectivity index (χ4n) is 1.08. The van der Waals surface area contributed by atoms with Gasteiger partial charge in [0.2, 0.25) is 0 Å². The van der Waals surface area contributed by atoms with Gasteiger partial charge in [-0.25, -0.2) is 0 Å². The van der Waals surface area contributed by atoms with Crippen LogP contribution in [-0.2, 0) is 6.61 Å². The van der Waals surface area contributed by atoms with Crippen molar-refractivity contribution in [1.82, 2.24) is 0 Å². The first-order chi connectivity index (χ1) is 7.97. The maximum absolute atomic E-state index is 12.2. The number of aliphatic hydroxyl groups excluding tert-OH is 1. The molecule has 0 aliphatic heterocycles. The van der Waals surface area contributed by atoms with Gasteiger partial charge in [0.25, 0.3) is 0 Å². The summed E-state index contributed by atoms with van der Waals surface area (Å²) in [5.41, 5.74) is 0.630. The molecule has 92 valence electrons. The summed E-state index contributed by atoms with van der Waals surface area (Å²) in [6, 6.07) is 7.09. The van der Waals surface area contributed by atoms with Crippen LogP contribution in [0.5, 0.6) is 5.75 Å². The standard InChI is InChI=1S/C11H10F3NO2/c12-11(13,14)9(5-15)7-17-10-3-1-8(6-16)2-4-10/h1-4,9,16H,6-7H2. The van der Waals surface area contributed by atoms with E-state index in [1.54, 1.807) is 0 Å². The second kappa shape index (κ2) is 5.55. The fourth-order valence-corrected chi connectivity index (χ4v) is 1.08. The van der Waals surface area contributed by atoms with Crippen LogP contribution < -0.4 is 4.74 Å². The molecule has 3 nitrogen and oxygen atoms in total. The van der Waals surface area contributed by atoms with E-state index in [-0.39, 0.29) is 12.4 Å². The van der Waals surface area contributed by atoms with E-state index in [0.29, 0.717) is 5.56 Å². The minimum atomic E-state index is -4.58. The molecule has 1 N–H and O–H groups in total. The lowest BCUT2D eigenvalue weighted by Crippen LogP contribution is -2.27. The Morgan fingerprint density at radius 3 is 2.29 bits per heavy atom. The van der Waals surface area contributed by atoms with Crippen molar-refractivity contribution in [2.45, 2.75) is 12.8 Å². The molecule has 0 heterocycles. The molecule has 1 aromatic rings. The van der Waals surface area contributed by atoms with Gasteiger partial charge in [0, 0.05) is 0 Å². The van der Waals surface area contributed by atoms with Gasteiger partial charge >= 0.3 is 6.18 Å². The van der Waals surface area contributed by atoms with Gasteiger partial charge in [0.15, 0.2) is 5.92 Å². The summed E-state index contributed by atoms with van der Waals surface area (Å²) in [6.07, 6.45) is -4.58. The van der Waals surface area contributed by atoms with Crippen LogP contribution in [0.15, 0.2) is 24.3 Å². The van der Waals surface area contributed by atoms with Gasteiger partial charge in [0.1, 0.15) is 12.4 Å². The second-order valence-electron chi connectivity index (χ2n) is 3.34. The minimum absolute atomic E-state index is 0.149. The van der Waals surface area contributed by atoms with Crippen LogP contribution in [0.1, 0.15) is 5.56 Å². The Bertz CT molecular complexity index is 395. The van der Waals surface area contributed by atoms with Gasteiger partial charge in [0.05, 0.1) is 12.7 Å². The molecule has 1 aromatic carbocycles. The van der Waals surface area contributed by atoms with E-state index in [2.05, 4.69) is 0 Å². The Labute approximate surface area is 96.1 Å². The molecule has 0 saturated heterocycles. The SMILES string of the molecule is N#CC(COc1ccc(CO)cc1)C(F)(F)F. The summed E-state index contributed by atoms with van der Waals surface area (Å²) >= 11 is 0. The summed E-state index contributed by atoms with van der Waals surface area (Å²) in [5.74, 6) is -1.91. The zero-order chi connectivity index (χ0) is 12.9. The van der Waals surface area contributed by atoms with Crippen molar-refractivity contribution in [1.29, 1.82) is 5.26 Å². The number of hydrogen-bond donors (Lipinski definition) is 1. The van der Waals surface area contributed by atoms with Gasteiger partial charge in [-0.05, 0) is 17.7 Å². The molecule has 0 aromatic heterocycles. The molecule has 0 spiro atoms. The Kier molecular flexibility index (Phi) is 4.35. The predicted molar refractivity (Wildman–Crippen MR) is 53.0 cm³/mol. The molecule has 17 heavy (non-hydrogen) atoms. The molecular formula is C11H10F3NO2. The molecule has 0 fully saturated rings. The highest BCUT2D eigenvalue weighted by molar-refractivity contribution is 5.26. The monoisotopic (exact) mass is 245 g/mol. The maximum atomic E-state index is 12.2. The molecule has 0 aliphatic rings. The summed E-state index contributed by atoms with van der Waals surface area (Å²) in [5, 5.41) is 17.1. The third kappa shape index (κ3) is 3.96. The topological polar surface area (TPSA) is 53.2 Å². The summed E-state index contributed by atoms with van der Waals surface area (Å²) < 4.78 is 41.5. The molecule has 1 rings (SSSR count). The van der Waals surface area contributed by atoms with E-state index in [1.807, 2.05) is 0 Å². The number of rotatable bonds is 4. The van der Waals surface area contributed by atoms with Crippen molar-refractivity contribution in [3.05, 3.63) is 29.8 Å². The average molecular weight is 245 g/mol. The van der Waals surface area contributed by atoms with Crippen molar-refractivity contribution in [3.63, 3.8) is 0 Å². The van der Waals surface area contributed by atoms with Crippen LogP contribution in [0.4, 0.5) is 13.2 Å². The Balaban J connectivity index is 2.58. The van der Waals surface area contributed by atoms with Crippen LogP contribution in [0.2, 0.25) is 0 Å². The first-order valence-electron chi connectivity index (χ1n) is 4.76. The number of halogens is 3. The van der Waals surface area contributed by atoms with Crippen LogP contribution in [-0.4, -0.2) is 17.9 Å². The zero-order valence-electron chi connectivity index (χ0n) is 8.74. The molecule has 1 atom stereocenters. The third-order valence-electron chi connectivity index (χ3n) is 2.07. The lowest BCUT2D eigenvalue weighted by molar-refractivity contribution is -0.165. The summed E-state index contributed by atoms with van der Waals surface area (Å²) in [7, 11) is 0. The normalized spacial score (nSPS) is 12.9. The highest BCUT2D eigenvalue weighted by atomic mass is 19.4. The number of hydrogen-bond acceptors (Lipinski definition) is 3. The zero-order valence-corrected chi connectivity index (χ0v) is 8.74. The largest absolute Gasteiger partial charge is 0.492 e. The van der Waals surface area contributed by atoms with Crippen LogP contribution in [0, 0.1) is 17.2 Å². The Morgan fingerprint density at radius 2 is 1.88 bits per heavy atom. The molecule has 0 amide bonds. The Morgan fingerprint density at radius 1 is 1.29 bits per heavy atom. The second-order valence-corrected chi connectivity index (χ2v) is 3.34. The van der Waals surface area contributed by atoms with Crippen molar-refractivity contribution >= 4 is 0 Å². The maximum Gasteiger partial charge on any atom is 0.407 e. The molecular weight excluding hydrogens is 235 g/mol. The van der Waals surface area contributed by atoms with Gasteiger partial charge < -0.3 is 9.84 Å². The van der Waals surface area contributed by atoms with Crippen molar-refractivity contribution in [2.75, 3.05) is 6.61 Å². The van der Waals surface area contributed by atoms with Gasteiger partial charge in [-0.2, -0.15) is 18.4 Å². The molecule has 6 heteroatoms. The summed E-state index contributed by atoms with van der Waals surface area (Å²) in [4.78, 5) is 0. The van der Waals surface area contributed by atoms with E-state index >= 15 is 0 Å². The Hall–Kier alpha value is -1.74. The number of benzene rings is 1. The third-order valence-corrected chi connectivity index (χ3v) is 2.07. The fraction of sp³-hybridized carbons (Fsp3) is 0.364. The minimum Gasteiger partial charge on any atom is -0.492 e. The first kappa shape index (κ1) is 13.3. The molecule has 0 aliphatic carbocycles. The first-order valence-corrected chi connectivity index (χ1v) is 4.76. The lowest BCUT2D eigenvalue weighted by atomic mass is 10.2. The van der Waals surface area contributed by atoms with Crippen LogP contribution >= 0.6 is 0 Å². The van der Waals surface area contributed by atoms with E-state index in [9.17, 15) is 13.2 Å². The highest BCUT2D eigenvalue weighted by Crippen LogP contribution is 2.26. The molecule has 1 unspecified atom stereocenters. The molecule has 0 saturated carbocycles. The van der Waals surface area contributed by atoms with Crippen LogP contribution in [0.3, 0.4) is 0 Å². The van der Waals surface area contributed by atoms with E-state index in [4.69, 9.17) is 15.1 Å². The average Bonchev–Trinajstić information content (AvgIpc) is 2.29. The van der Waals surface area contributed by atoms with Gasteiger partial charge in [-0.3, -0.25) is 0 Å². The summed E-state index contributed by atoms with van der Waals surface area (Å²) in [6.45, 7) is -0.887. The van der Waals surface area contributed by atoms with Crippen molar-refractivity contribution in [3.8, 4) is 11.8 Å². The van der Waals surface area contributed by atoms with E-state index in [0.717, 1.165) is 6.07 Å². The van der Waals surface area contributed by atoms with E-state index in [1.165, 1.54) is 24.3 Å². The number of alkyl halides is 3. The van der Waals surface area contributed by atoms with Gasteiger partial charge in [-0.15, -0.1) is 0 Å². The van der Waals surface area contributed by atoms with E-state index < -0.39 is 18.7 Å². The number of nitriles is 1. The van der Waals surface area contributed by atoms with Gasteiger partial charge in [-0.1, -0.05) is 12.1 Å². The highest BCUT2D eigenvalue weighted by Gasteiger charge is 2.40. The number of ether oxygens (including phenoxy) is 1. The molecule has 0 radical (unpaired) electrons. The number of aliphatic hydroxyl groups is 1. The van der Waals surface area contributed by atoms with Crippen LogP contribution in [0.25, 0.3) is 0 Å². The van der Waals surface area contributed by atoms with Crippen molar-refractivity contribution < 1.29 is 23.0 Å². The lowest BCUT2D eigenvalue weighted by Gasteiger charge is -2.14. The predicted octanol–water partition coefficient (Wildman–Crippen LogP) is 2.26. The van der Waals surface area contributed by atoms with Crippen molar-refractivity contribution in [2.24, 2.45) is 5.92 Å². The molecule has 0 bridgehead atoms. The number of nitrogens with zero attached hydrogens (tertiary/aromatic N) is 1.